The van der Waals surface area contributed by atoms with Crippen LogP contribution >= 0.6 is 0 Å². The number of amides is 1. The molecule has 0 spiro atoms. The first-order valence-electron chi connectivity index (χ1n) is 8.87. The van der Waals surface area contributed by atoms with Gasteiger partial charge in [-0.15, -0.1) is 6.58 Å². The predicted octanol–water partition coefficient (Wildman–Crippen LogP) is 2.96. The number of methoxy groups -OCH3 is 1. The molecule has 0 saturated carbocycles. The van der Waals surface area contributed by atoms with E-state index in [2.05, 4.69) is 11.9 Å². The topological polar surface area (TPSA) is 84.9 Å². The molecule has 0 aliphatic rings. The van der Waals surface area contributed by atoms with Gasteiger partial charge in [0.2, 0.25) is 0 Å². The summed E-state index contributed by atoms with van der Waals surface area (Å²) in [5.41, 5.74) is 0.396. The first-order valence-corrected chi connectivity index (χ1v) is 8.87. The third-order valence-electron chi connectivity index (χ3n) is 4.49. The van der Waals surface area contributed by atoms with Crippen molar-refractivity contribution in [2.45, 2.75) is 18.8 Å². The Labute approximate surface area is 164 Å². The molecule has 0 radical (unpaired) electrons. The summed E-state index contributed by atoms with van der Waals surface area (Å²) in [4.78, 5) is 24.0. The monoisotopic (exact) mass is 383 g/mol. The van der Waals surface area contributed by atoms with Gasteiger partial charge in [-0.3, -0.25) is 9.59 Å². The SMILES string of the molecule is C=CCc1ccc(OCC(=O)NCC(C)(C(=O)O)c2ccccc2)c(OC)c1. The molecule has 28 heavy (non-hydrogen) atoms. The summed E-state index contributed by atoms with van der Waals surface area (Å²) in [6.07, 6.45) is 2.49. The minimum atomic E-state index is -1.24. The molecule has 0 aliphatic carbocycles. The van der Waals surface area contributed by atoms with Crippen LogP contribution < -0.4 is 14.8 Å². The van der Waals surface area contributed by atoms with Crippen molar-refractivity contribution in [2.75, 3.05) is 20.3 Å². The minimum absolute atomic E-state index is 0.0516. The molecule has 2 aromatic rings. The maximum Gasteiger partial charge on any atom is 0.315 e. The van der Waals surface area contributed by atoms with Gasteiger partial charge in [0.1, 0.15) is 5.41 Å². The Kier molecular flexibility index (Phi) is 7.21. The highest BCUT2D eigenvalue weighted by molar-refractivity contribution is 5.83. The fraction of sp³-hybridized carbons (Fsp3) is 0.273. The van der Waals surface area contributed by atoms with Crippen molar-refractivity contribution >= 4 is 11.9 Å². The van der Waals surface area contributed by atoms with Crippen LogP contribution in [0.25, 0.3) is 0 Å². The summed E-state index contributed by atoms with van der Waals surface area (Å²) in [5, 5.41) is 12.3. The van der Waals surface area contributed by atoms with Gasteiger partial charge in [-0.05, 0) is 36.6 Å². The lowest BCUT2D eigenvalue weighted by molar-refractivity contribution is -0.143. The molecule has 1 unspecified atom stereocenters. The fourth-order valence-corrected chi connectivity index (χ4v) is 2.70. The van der Waals surface area contributed by atoms with E-state index in [0.717, 1.165) is 5.56 Å². The second-order valence-corrected chi connectivity index (χ2v) is 6.55. The number of benzene rings is 2. The number of nitrogens with one attached hydrogen (secondary N) is 1. The van der Waals surface area contributed by atoms with E-state index in [9.17, 15) is 14.7 Å². The smallest absolute Gasteiger partial charge is 0.315 e. The lowest BCUT2D eigenvalue weighted by Crippen LogP contribution is -2.45. The van der Waals surface area contributed by atoms with Gasteiger partial charge >= 0.3 is 5.97 Å². The average molecular weight is 383 g/mol. The molecule has 1 atom stereocenters. The molecule has 0 saturated heterocycles. The molecule has 0 heterocycles. The van der Waals surface area contributed by atoms with Crippen molar-refractivity contribution in [3.63, 3.8) is 0 Å². The number of aliphatic carboxylic acids is 1. The number of carbonyl (C=O) groups is 2. The van der Waals surface area contributed by atoms with Gasteiger partial charge in [-0.1, -0.05) is 42.5 Å². The van der Waals surface area contributed by atoms with Gasteiger partial charge in [-0.25, -0.2) is 0 Å². The van der Waals surface area contributed by atoms with Gasteiger partial charge < -0.3 is 19.9 Å². The highest BCUT2D eigenvalue weighted by Crippen LogP contribution is 2.28. The summed E-state index contributed by atoms with van der Waals surface area (Å²) < 4.78 is 10.8. The molecule has 2 N–H and O–H groups in total. The zero-order chi connectivity index (χ0) is 20.6. The lowest BCUT2D eigenvalue weighted by Gasteiger charge is -2.25. The van der Waals surface area contributed by atoms with Gasteiger partial charge in [-0.2, -0.15) is 0 Å². The molecular formula is C22H25NO5. The van der Waals surface area contributed by atoms with Gasteiger partial charge in [0.05, 0.1) is 7.11 Å². The zero-order valence-electron chi connectivity index (χ0n) is 16.1. The van der Waals surface area contributed by atoms with Crippen LogP contribution in [0.5, 0.6) is 11.5 Å². The van der Waals surface area contributed by atoms with Crippen molar-refractivity contribution in [1.82, 2.24) is 5.32 Å². The number of rotatable bonds is 10. The largest absolute Gasteiger partial charge is 0.493 e. The maximum absolute atomic E-state index is 12.2. The van der Waals surface area contributed by atoms with Crippen molar-refractivity contribution < 1.29 is 24.2 Å². The maximum atomic E-state index is 12.2. The Bertz CT molecular complexity index is 834. The number of hydrogen-bond donors (Lipinski definition) is 2. The third-order valence-corrected chi connectivity index (χ3v) is 4.49. The molecule has 2 rings (SSSR count). The summed E-state index contributed by atoms with van der Waals surface area (Å²) in [6.45, 7) is 4.98. The first kappa shape index (κ1) is 21.0. The van der Waals surface area contributed by atoms with E-state index in [-0.39, 0.29) is 13.2 Å². The van der Waals surface area contributed by atoms with Crippen LogP contribution in [0.2, 0.25) is 0 Å². The lowest BCUT2D eigenvalue weighted by atomic mass is 9.82. The standard InChI is InChI=1S/C22H25NO5/c1-4-8-16-11-12-18(19(13-16)27-3)28-14-20(24)23-15-22(2,21(25)26)17-9-6-5-7-10-17/h4-7,9-13H,1,8,14-15H2,2-3H3,(H,23,24)(H,25,26). The summed E-state index contributed by atoms with van der Waals surface area (Å²) >= 11 is 0. The number of carboxylic acid groups (broad SMARTS) is 1. The summed E-state index contributed by atoms with van der Waals surface area (Å²) in [6, 6.07) is 14.2. The van der Waals surface area contributed by atoms with E-state index < -0.39 is 17.3 Å². The number of hydrogen-bond acceptors (Lipinski definition) is 4. The molecule has 0 fully saturated rings. The van der Waals surface area contributed by atoms with Crippen LogP contribution in [-0.2, 0) is 21.4 Å². The van der Waals surface area contributed by atoms with Gasteiger partial charge in [0, 0.05) is 6.54 Å². The number of carboxylic acids is 1. The zero-order valence-corrected chi connectivity index (χ0v) is 16.1. The van der Waals surface area contributed by atoms with Crippen LogP contribution in [0.4, 0.5) is 0 Å². The van der Waals surface area contributed by atoms with Crippen molar-refractivity contribution in [3.8, 4) is 11.5 Å². The Hall–Kier alpha value is -3.28. The van der Waals surface area contributed by atoms with Crippen LogP contribution in [0.15, 0.2) is 61.2 Å². The Morgan fingerprint density at radius 2 is 1.89 bits per heavy atom. The van der Waals surface area contributed by atoms with E-state index in [1.165, 1.54) is 7.11 Å². The van der Waals surface area contributed by atoms with E-state index >= 15 is 0 Å². The number of ether oxygens (including phenoxy) is 2. The Morgan fingerprint density at radius 3 is 2.50 bits per heavy atom. The van der Waals surface area contributed by atoms with Crippen LogP contribution in [0, 0.1) is 0 Å². The molecule has 2 aromatic carbocycles. The fourth-order valence-electron chi connectivity index (χ4n) is 2.70. The molecule has 148 valence electrons. The third kappa shape index (κ3) is 5.13. The number of carbonyl (C=O) groups excluding carboxylic acids is 1. The first-order chi connectivity index (χ1) is 13.4. The second-order valence-electron chi connectivity index (χ2n) is 6.55. The van der Waals surface area contributed by atoms with Crippen molar-refractivity contribution in [1.29, 1.82) is 0 Å². The average Bonchev–Trinajstić information content (AvgIpc) is 2.71. The predicted molar refractivity (Wildman–Crippen MR) is 107 cm³/mol. The molecule has 0 aromatic heterocycles. The van der Waals surface area contributed by atoms with Gasteiger partial charge in [0.15, 0.2) is 18.1 Å². The van der Waals surface area contributed by atoms with E-state index in [4.69, 9.17) is 9.47 Å². The molecule has 6 heteroatoms. The second kappa shape index (κ2) is 9.60. The summed E-state index contributed by atoms with van der Waals surface area (Å²) in [5.74, 6) is -0.471. The van der Waals surface area contributed by atoms with Crippen molar-refractivity contribution in [3.05, 3.63) is 72.3 Å². The highest BCUT2D eigenvalue weighted by atomic mass is 16.5. The molecular weight excluding hydrogens is 358 g/mol. The molecule has 0 aliphatic heterocycles. The van der Waals surface area contributed by atoms with E-state index in [0.29, 0.717) is 23.5 Å². The highest BCUT2D eigenvalue weighted by Gasteiger charge is 2.35. The molecule has 1 amide bonds. The number of allylic oxidation sites excluding steroid dienone is 1. The normalized spacial score (nSPS) is 12.5. The van der Waals surface area contributed by atoms with Crippen molar-refractivity contribution in [2.24, 2.45) is 0 Å². The Morgan fingerprint density at radius 1 is 1.18 bits per heavy atom. The minimum Gasteiger partial charge on any atom is -0.493 e. The van der Waals surface area contributed by atoms with E-state index in [1.54, 1.807) is 43.3 Å². The van der Waals surface area contributed by atoms with E-state index in [1.807, 2.05) is 18.2 Å². The van der Waals surface area contributed by atoms with Gasteiger partial charge in [0.25, 0.3) is 5.91 Å². The molecule has 6 nitrogen and oxygen atoms in total. The van der Waals surface area contributed by atoms with Crippen LogP contribution in [0.3, 0.4) is 0 Å². The van der Waals surface area contributed by atoms with Crippen LogP contribution in [-0.4, -0.2) is 37.2 Å². The van der Waals surface area contributed by atoms with Crippen LogP contribution in [0.1, 0.15) is 18.1 Å². The summed E-state index contributed by atoms with van der Waals surface area (Å²) in [7, 11) is 1.53. The Balaban J connectivity index is 1.99. The quantitative estimate of drug-likeness (QED) is 0.616. The molecule has 0 bridgehead atoms.